The van der Waals surface area contributed by atoms with Crippen LogP contribution in [0.3, 0.4) is 0 Å². The van der Waals surface area contributed by atoms with Crippen molar-refractivity contribution in [1.29, 1.82) is 0 Å². The molecule has 146 valence electrons. The molecular weight excluding hydrogens is 367 g/mol. The van der Waals surface area contributed by atoms with Gasteiger partial charge in [0.25, 0.3) is 6.43 Å². The number of hydrogen-bond donors (Lipinski definition) is 0. The number of pyridine rings is 1. The summed E-state index contributed by atoms with van der Waals surface area (Å²) < 4.78 is 75.6. The molecule has 0 spiro atoms. The fourth-order valence-electron chi connectivity index (χ4n) is 2.30. The second-order valence-electron chi connectivity index (χ2n) is 6.30. The smallest absolute Gasteiger partial charge is 0.434 e. The number of nitrogens with zero attached hydrogens (tertiary/aromatic N) is 2. The maximum absolute atomic E-state index is 13.4. The molecule has 0 radical (unpaired) electrons. The van der Waals surface area contributed by atoms with E-state index in [0.717, 1.165) is 14.2 Å². The van der Waals surface area contributed by atoms with Gasteiger partial charge in [-0.3, -0.25) is 0 Å². The number of ether oxygens (including phenoxy) is 2. The van der Waals surface area contributed by atoms with E-state index in [1.54, 1.807) is 0 Å². The topological polar surface area (TPSA) is 65.5 Å². The molecular formula is C15H18F5N2O4+. The van der Waals surface area contributed by atoms with E-state index in [9.17, 15) is 31.5 Å². The van der Waals surface area contributed by atoms with Gasteiger partial charge in [-0.15, -0.1) is 0 Å². The highest BCUT2D eigenvalue weighted by Crippen LogP contribution is 2.37. The van der Waals surface area contributed by atoms with Gasteiger partial charge >= 0.3 is 18.1 Å². The van der Waals surface area contributed by atoms with Crippen molar-refractivity contribution >= 4 is 11.9 Å². The predicted molar refractivity (Wildman–Crippen MR) is 78.6 cm³/mol. The number of aromatic nitrogens is 1. The van der Waals surface area contributed by atoms with Gasteiger partial charge in [0, 0.05) is 5.56 Å². The second-order valence-corrected chi connectivity index (χ2v) is 6.30. The van der Waals surface area contributed by atoms with Crippen LogP contribution >= 0.6 is 0 Å². The van der Waals surface area contributed by atoms with E-state index in [4.69, 9.17) is 0 Å². The number of carbonyl (C=O) groups excluding carboxylic acids is 2. The average Bonchev–Trinajstić information content (AvgIpc) is 2.49. The SMILES string of the molecule is COC(=O)c1c(C(F)F)nc(C(F)(F)F)c(C(=O)OC)c1C[N+](C)(C)C. The van der Waals surface area contributed by atoms with E-state index in [1.165, 1.54) is 21.1 Å². The van der Waals surface area contributed by atoms with Gasteiger partial charge in [-0.1, -0.05) is 0 Å². The van der Waals surface area contributed by atoms with Crippen LogP contribution in [-0.4, -0.2) is 56.8 Å². The zero-order chi connectivity index (χ0) is 20.4. The molecule has 0 aromatic carbocycles. The van der Waals surface area contributed by atoms with Crippen molar-refractivity contribution in [3.05, 3.63) is 28.1 Å². The molecule has 1 aromatic rings. The van der Waals surface area contributed by atoms with Crippen LogP contribution in [0.4, 0.5) is 22.0 Å². The normalized spacial score (nSPS) is 12.3. The molecule has 0 aliphatic heterocycles. The Hall–Kier alpha value is -2.30. The minimum absolute atomic E-state index is 0.0715. The third-order valence-electron chi connectivity index (χ3n) is 3.22. The van der Waals surface area contributed by atoms with Gasteiger partial charge in [-0.25, -0.2) is 23.4 Å². The van der Waals surface area contributed by atoms with Gasteiger partial charge in [0.05, 0.1) is 40.9 Å². The number of hydrogen-bond acceptors (Lipinski definition) is 5. The highest BCUT2D eigenvalue weighted by atomic mass is 19.4. The maximum Gasteiger partial charge on any atom is 0.434 e. The summed E-state index contributed by atoms with van der Waals surface area (Å²) in [4.78, 5) is 26.9. The number of carbonyl (C=O) groups is 2. The third-order valence-corrected chi connectivity index (χ3v) is 3.22. The Labute approximate surface area is 146 Å². The summed E-state index contributed by atoms with van der Waals surface area (Å²) in [6.45, 7) is -0.361. The lowest BCUT2D eigenvalue weighted by atomic mass is 9.96. The minimum atomic E-state index is -5.22. The molecule has 6 nitrogen and oxygen atoms in total. The molecule has 0 saturated carbocycles. The van der Waals surface area contributed by atoms with Crippen molar-refractivity contribution in [3.8, 4) is 0 Å². The molecule has 0 aliphatic carbocycles. The lowest BCUT2D eigenvalue weighted by Gasteiger charge is -2.27. The van der Waals surface area contributed by atoms with Crippen molar-refractivity contribution in [2.45, 2.75) is 19.1 Å². The van der Waals surface area contributed by atoms with Crippen LogP contribution < -0.4 is 0 Å². The highest BCUT2D eigenvalue weighted by molar-refractivity contribution is 5.99. The standard InChI is InChI=1S/C15H18F5N2O4/c1-22(2,3)6-7-8(13(23)25-4)10(12(16)17)21-11(15(18,19)20)9(7)14(24)26-5/h12H,6H2,1-5H3/q+1. The summed E-state index contributed by atoms with van der Waals surface area (Å²) >= 11 is 0. The Morgan fingerprint density at radius 2 is 1.50 bits per heavy atom. The first-order valence-electron chi connectivity index (χ1n) is 7.13. The summed E-state index contributed by atoms with van der Waals surface area (Å²) in [5.74, 6) is -2.77. The first kappa shape index (κ1) is 21.7. The molecule has 0 N–H and O–H groups in total. The number of esters is 2. The van der Waals surface area contributed by atoms with Crippen LogP contribution in [0, 0.1) is 0 Å². The van der Waals surface area contributed by atoms with Crippen LogP contribution in [0.25, 0.3) is 0 Å². The van der Waals surface area contributed by atoms with Crippen LogP contribution in [-0.2, 0) is 22.2 Å². The van der Waals surface area contributed by atoms with Gasteiger partial charge < -0.3 is 14.0 Å². The van der Waals surface area contributed by atoms with Crippen LogP contribution in [0.2, 0.25) is 0 Å². The molecule has 1 rings (SSSR count). The quantitative estimate of drug-likeness (QED) is 0.443. The van der Waals surface area contributed by atoms with Crippen molar-refractivity contribution in [2.75, 3.05) is 35.4 Å². The lowest BCUT2D eigenvalue weighted by Crippen LogP contribution is -2.36. The van der Waals surface area contributed by atoms with Crippen molar-refractivity contribution in [3.63, 3.8) is 0 Å². The van der Waals surface area contributed by atoms with Crippen molar-refractivity contribution < 1.29 is 45.5 Å². The highest BCUT2D eigenvalue weighted by Gasteiger charge is 2.44. The molecule has 0 saturated heterocycles. The predicted octanol–water partition coefficient (Wildman–Crippen LogP) is 2.82. The van der Waals surface area contributed by atoms with Gasteiger partial charge in [-0.05, 0) is 0 Å². The van der Waals surface area contributed by atoms with E-state index in [0.29, 0.717) is 0 Å². The largest absolute Gasteiger partial charge is 0.465 e. The summed E-state index contributed by atoms with van der Waals surface area (Å²) in [6, 6.07) is 0. The van der Waals surface area contributed by atoms with E-state index >= 15 is 0 Å². The van der Waals surface area contributed by atoms with Crippen molar-refractivity contribution in [1.82, 2.24) is 4.98 Å². The third kappa shape index (κ3) is 4.65. The van der Waals surface area contributed by atoms with Gasteiger partial charge in [-0.2, -0.15) is 13.2 Å². The number of halogens is 5. The fourth-order valence-corrected chi connectivity index (χ4v) is 2.30. The van der Waals surface area contributed by atoms with Gasteiger partial charge in [0.2, 0.25) is 0 Å². The first-order valence-corrected chi connectivity index (χ1v) is 7.13. The Morgan fingerprint density at radius 3 is 1.85 bits per heavy atom. The van der Waals surface area contributed by atoms with Crippen LogP contribution in [0.1, 0.15) is 44.1 Å². The Kier molecular flexibility index (Phi) is 6.29. The molecule has 26 heavy (non-hydrogen) atoms. The molecule has 0 unspecified atom stereocenters. The zero-order valence-corrected chi connectivity index (χ0v) is 14.7. The molecule has 0 bridgehead atoms. The summed E-state index contributed by atoms with van der Waals surface area (Å²) in [7, 11) is 6.33. The summed E-state index contributed by atoms with van der Waals surface area (Å²) in [5, 5.41) is 0. The number of quaternary nitrogens is 1. The van der Waals surface area contributed by atoms with Gasteiger partial charge in [0.15, 0.2) is 5.69 Å². The monoisotopic (exact) mass is 385 g/mol. The number of alkyl halides is 5. The first-order chi connectivity index (χ1) is 11.7. The average molecular weight is 385 g/mol. The Bertz CT molecular complexity index is 711. The molecule has 0 aliphatic rings. The van der Waals surface area contributed by atoms with Crippen LogP contribution in [0.15, 0.2) is 0 Å². The summed E-state index contributed by atoms with van der Waals surface area (Å²) in [5.41, 5.74) is -5.76. The lowest BCUT2D eigenvalue weighted by molar-refractivity contribution is -0.884. The number of methoxy groups -OCH3 is 2. The zero-order valence-electron chi connectivity index (χ0n) is 14.7. The van der Waals surface area contributed by atoms with E-state index in [2.05, 4.69) is 14.5 Å². The van der Waals surface area contributed by atoms with Crippen LogP contribution in [0.5, 0.6) is 0 Å². The second kappa shape index (κ2) is 7.52. The van der Waals surface area contributed by atoms with E-state index < -0.39 is 52.6 Å². The Morgan fingerprint density at radius 1 is 1.04 bits per heavy atom. The van der Waals surface area contributed by atoms with Crippen molar-refractivity contribution in [2.24, 2.45) is 0 Å². The molecule has 1 aromatic heterocycles. The van der Waals surface area contributed by atoms with Gasteiger partial charge in [0.1, 0.15) is 17.8 Å². The maximum atomic E-state index is 13.4. The number of rotatable bonds is 5. The fraction of sp³-hybridized carbons (Fsp3) is 0.533. The summed E-state index contributed by atoms with van der Waals surface area (Å²) in [6.07, 6.45) is -8.72. The molecule has 11 heteroatoms. The van der Waals surface area contributed by atoms with E-state index in [1.807, 2.05) is 0 Å². The molecule has 1 heterocycles. The molecule has 0 fully saturated rings. The Balaban J connectivity index is 4.11. The minimum Gasteiger partial charge on any atom is -0.465 e. The van der Waals surface area contributed by atoms with E-state index in [-0.39, 0.29) is 11.0 Å². The molecule has 0 atom stereocenters. The molecule has 0 amide bonds.